The largest absolute Gasteiger partial charge is 0.507 e. The number of hydrogen-bond donors (Lipinski definition) is 4. The SMILES string of the molecule is O=C1CC(c2ccccc2Br)c2c(cc(O)c3c(=O)c(O)c(-c4ccc(O)c(O)c4)oc23)O1. The number of phenolic OH excluding ortho intramolecular Hbond substituents is 3. The van der Waals surface area contributed by atoms with E-state index in [1.54, 1.807) is 6.07 Å². The van der Waals surface area contributed by atoms with E-state index in [1.165, 1.54) is 12.1 Å². The summed E-state index contributed by atoms with van der Waals surface area (Å²) in [5.41, 5.74) is 0.243. The van der Waals surface area contributed by atoms with Crippen molar-refractivity contribution >= 4 is 32.9 Å². The fourth-order valence-corrected chi connectivity index (χ4v) is 4.63. The van der Waals surface area contributed by atoms with Crippen LogP contribution in [0.3, 0.4) is 0 Å². The molecule has 0 saturated heterocycles. The zero-order valence-corrected chi connectivity index (χ0v) is 18.3. The number of hydrogen-bond acceptors (Lipinski definition) is 8. The Balaban J connectivity index is 1.88. The maximum atomic E-state index is 13.1. The Morgan fingerprint density at radius 3 is 2.39 bits per heavy atom. The Bertz CT molecular complexity index is 1520. The molecule has 1 aliphatic rings. The van der Waals surface area contributed by atoms with Crippen LogP contribution in [0.4, 0.5) is 0 Å². The number of fused-ring (bicyclic) bond motifs is 3. The second-order valence-corrected chi connectivity index (χ2v) is 8.43. The molecule has 5 rings (SSSR count). The maximum Gasteiger partial charge on any atom is 0.312 e. The fourth-order valence-electron chi connectivity index (χ4n) is 4.07. The Hall–Kier alpha value is -3.98. The topological polar surface area (TPSA) is 137 Å². The van der Waals surface area contributed by atoms with E-state index in [1.807, 2.05) is 18.2 Å². The van der Waals surface area contributed by atoms with Crippen molar-refractivity contribution in [1.82, 2.24) is 0 Å². The van der Waals surface area contributed by atoms with Gasteiger partial charge < -0.3 is 29.6 Å². The normalized spacial score (nSPS) is 15.3. The molecule has 0 fully saturated rings. The van der Waals surface area contributed by atoms with Gasteiger partial charge in [-0.1, -0.05) is 34.1 Å². The van der Waals surface area contributed by atoms with Gasteiger partial charge in [-0.3, -0.25) is 9.59 Å². The van der Waals surface area contributed by atoms with Crippen LogP contribution in [-0.2, 0) is 4.79 Å². The van der Waals surface area contributed by atoms with Crippen LogP contribution in [0.15, 0.2) is 62.2 Å². The molecule has 4 N–H and O–H groups in total. The second kappa shape index (κ2) is 7.56. The van der Waals surface area contributed by atoms with Gasteiger partial charge >= 0.3 is 5.97 Å². The molecule has 33 heavy (non-hydrogen) atoms. The van der Waals surface area contributed by atoms with E-state index in [2.05, 4.69) is 15.9 Å². The zero-order chi connectivity index (χ0) is 23.4. The number of rotatable bonds is 2. The number of phenols is 3. The minimum absolute atomic E-state index is 0.0327. The third kappa shape index (κ3) is 3.28. The lowest BCUT2D eigenvalue weighted by Crippen LogP contribution is -2.22. The van der Waals surface area contributed by atoms with Gasteiger partial charge in [-0.15, -0.1) is 0 Å². The Labute approximate surface area is 194 Å². The van der Waals surface area contributed by atoms with E-state index in [-0.39, 0.29) is 34.5 Å². The highest BCUT2D eigenvalue weighted by Gasteiger charge is 2.35. The molecule has 0 saturated carbocycles. The third-order valence-corrected chi connectivity index (χ3v) is 6.31. The molecule has 0 bridgehead atoms. The quantitative estimate of drug-likeness (QED) is 0.176. The molecule has 8 nitrogen and oxygen atoms in total. The summed E-state index contributed by atoms with van der Waals surface area (Å²) in [6.07, 6.45) is -0.0462. The van der Waals surface area contributed by atoms with Crippen molar-refractivity contribution in [2.24, 2.45) is 0 Å². The Morgan fingerprint density at radius 2 is 1.67 bits per heavy atom. The van der Waals surface area contributed by atoms with Crippen molar-refractivity contribution < 1.29 is 34.4 Å². The van der Waals surface area contributed by atoms with Gasteiger partial charge in [0.05, 0.1) is 6.42 Å². The lowest BCUT2D eigenvalue weighted by Gasteiger charge is -2.26. The summed E-state index contributed by atoms with van der Waals surface area (Å²) in [4.78, 5) is 25.4. The maximum absolute atomic E-state index is 13.1. The first-order valence-electron chi connectivity index (χ1n) is 9.79. The lowest BCUT2D eigenvalue weighted by molar-refractivity contribution is -0.135. The van der Waals surface area contributed by atoms with Crippen LogP contribution in [0.1, 0.15) is 23.5 Å². The number of carbonyl (C=O) groups excluding carboxylic acids is 1. The molecule has 9 heteroatoms. The first-order chi connectivity index (χ1) is 15.8. The van der Waals surface area contributed by atoms with Crippen LogP contribution in [0.2, 0.25) is 0 Å². The average molecular weight is 511 g/mol. The molecule has 1 atom stereocenters. The van der Waals surface area contributed by atoms with Gasteiger partial charge in [-0.2, -0.15) is 0 Å². The second-order valence-electron chi connectivity index (χ2n) is 7.58. The summed E-state index contributed by atoms with van der Waals surface area (Å²) >= 11 is 3.49. The van der Waals surface area contributed by atoms with E-state index in [0.29, 0.717) is 5.56 Å². The molecule has 1 unspecified atom stereocenters. The van der Waals surface area contributed by atoms with Crippen molar-refractivity contribution in [2.45, 2.75) is 12.3 Å². The van der Waals surface area contributed by atoms with E-state index in [0.717, 1.165) is 22.2 Å². The van der Waals surface area contributed by atoms with Crippen LogP contribution in [0.5, 0.6) is 28.7 Å². The van der Waals surface area contributed by atoms with Crippen LogP contribution in [-0.4, -0.2) is 26.4 Å². The van der Waals surface area contributed by atoms with Crippen molar-refractivity contribution in [2.75, 3.05) is 0 Å². The summed E-state index contributed by atoms with van der Waals surface area (Å²) in [5.74, 6) is -3.52. The number of aromatic hydroxyl groups is 4. The predicted molar refractivity (Wildman–Crippen MR) is 121 cm³/mol. The summed E-state index contributed by atoms with van der Waals surface area (Å²) in [7, 11) is 0. The Kier molecular flexibility index (Phi) is 4.79. The highest BCUT2D eigenvalue weighted by molar-refractivity contribution is 9.10. The summed E-state index contributed by atoms with van der Waals surface area (Å²) in [5, 5.41) is 40.3. The molecule has 166 valence electrons. The summed E-state index contributed by atoms with van der Waals surface area (Å²) in [6, 6.07) is 12.0. The molecule has 0 spiro atoms. The van der Waals surface area contributed by atoms with E-state index in [4.69, 9.17) is 9.15 Å². The van der Waals surface area contributed by atoms with Crippen molar-refractivity contribution in [3.05, 3.63) is 74.4 Å². The van der Waals surface area contributed by atoms with Gasteiger partial charge in [-0.05, 0) is 29.8 Å². The number of halogens is 1. The van der Waals surface area contributed by atoms with E-state index >= 15 is 0 Å². The molecule has 0 radical (unpaired) electrons. The van der Waals surface area contributed by atoms with Gasteiger partial charge in [0.1, 0.15) is 22.5 Å². The molecular weight excluding hydrogens is 496 g/mol. The van der Waals surface area contributed by atoms with Gasteiger partial charge in [-0.25, -0.2) is 0 Å². The van der Waals surface area contributed by atoms with Crippen LogP contribution in [0, 0.1) is 0 Å². The average Bonchev–Trinajstić information content (AvgIpc) is 2.77. The zero-order valence-electron chi connectivity index (χ0n) is 16.7. The molecule has 3 aromatic carbocycles. The first-order valence-corrected chi connectivity index (χ1v) is 10.6. The molecule has 1 aromatic heterocycles. The molecule has 1 aliphatic heterocycles. The van der Waals surface area contributed by atoms with Crippen molar-refractivity contribution in [3.8, 4) is 40.1 Å². The fraction of sp³-hybridized carbons (Fsp3) is 0.0833. The third-order valence-electron chi connectivity index (χ3n) is 5.58. The number of esters is 1. The number of benzene rings is 3. The standard InChI is InChI=1S/C24H15BrO8/c25-13-4-2-1-3-11(13)12-8-18(29)32-17-9-16(28)20-21(30)22(31)23(33-24(20)19(12)17)10-5-6-14(26)15(27)7-10/h1-7,9,12,26-28,31H,8H2. The molecule has 2 heterocycles. The van der Waals surface area contributed by atoms with E-state index < -0.39 is 40.3 Å². The molecule has 4 aromatic rings. The van der Waals surface area contributed by atoms with Gasteiger partial charge in [0, 0.05) is 27.6 Å². The van der Waals surface area contributed by atoms with Crippen LogP contribution >= 0.6 is 15.9 Å². The monoisotopic (exact) mass is 510 g/mol. The first kappa shape index (κ1) is 20.9. The number of ether oxygens (including phenoxy) is 1. The minimum atomic E-state index is -0.901. The molecular formula is C24H15BrO8. The molecule has 0 amide bonds. The van der Waals surface area contributed by atoms with Gasteiger partial charge in [0.25, 0.3) is 0 Å². The highest BCUT2D eigenvalue weighted by Crippen LogP contribution is 2.48. The summed E-state index contributed by atoms with van der Waals surface area (Å²) < 4.78 is 12.0. The van der Waals surface area contributed by atoms with Gasteiger partial charge in [0.2, 0.25) is 11.2 Å². The molecule has 0 aliphatic carbocycles. The Morgan fingerprint density at radius 1 is 0.909 bits per heavy atom. The van der Waals surface area contributed by atoms with Gasteiger partial charge in [0.15, 0.2) is 17.3 Å². The predicted octanol–water partition coefficient (Wildman–Crippen LogP) is 4.49. The minimum Gasteiger partial charge on any atom is -0.507 e. The highest BCUT2D eigenvalue weighted by atomic mass is 79.9. The lowest BCUT2D eigenvalue weighted by atomic mass is 9.85. The van der Waals surface area contributed by atoms with Crippen molar-refractivity contribution in [1.29, 1.82) is 0 Å². The van der Waals surface area contributed by atoms with Crippen LogP contribution in [0.25, 0.3) is 22.3 Å². The summed E-state index contributed by atoms with van der Waals surface area (Å²) in [6.45, 7) is 0. The van der Waals surface area contributed by atoms with Crippen molar-refractivity contribution in [3.63, 3.8) is 0 Å². The van der Waals surface area contributed by atoms with E-state index in [9.17, 15) is 30.0 Å². The number of carbonyl (C=O) groups is 1. The smallest absolute Gasteiger partial charge is 0.312 e. The van der Waals surface area contributed by atoms with Crippen LogP contribution < -0.4 is 10.2 Å².